The van der Waals surface area contributed by atoms with E-state index in [2.05, 4.69) is 10.6 Å². The fourth-order valence-corrected chi connectivity index (χ4v) is 2.23. The van der Waals surface area contributed by atoms with Gasteiger partial charge in [0, 0.05) is 11.6 Å². The molecular formula is C16H15N3O4S. The van der Waals surface area contributed by atoms with Gasteiger partial charge in [-0.05, 0) is 49.5 Å². The van der Waals surface area contributed by atoms with Crippen LogP contribution in [0.15, 0.2) is 42.5 Å². The van der Waals surface area contributed by atoms with Crippen molar-refractivity contribution in [2.24, 2.45) is 0 Å². The van der Waals surface area contributed by atoms with Crippen LogP contribution in [0.2, 0.25) is 0 Å². The number of rotatable bonds is 4. The van der Waals surface area contributed by atoms with Gasteiger partial charge in [0.2, 0.25) is 0 Å². The van der Waals surface area contributed by atoms with Crippen molar-refractivity contribution in [1.29, 1.82) is 0 Å². The number of nitrogens with zero attached hydrogens (tertiary/aromatic N) is 1. The van der Waals surface area contributed by atoms with Crippen LogP contribution < -0.4 is 15.4 Å². The lowest BCUT2D eigenvalue weighted by atomic mass is 10.1. The van der Waals surface area contributed by atoms with Crippen molar-refractivity contribution in [3.05, 3.63) is 63.7 Å². The molecule has 0 aliphatic carbocycles. The number of carbonyl (C=O) groups excluding carboxylic acids is 1. The zero-order valence-electron chi connectivity index (χ0n) is 13.0. The quantitative estimate of drug-likeness (QED) is 0.502. The van der Waals surface area contributed by atoms with Gasteiger partial charge in [0.1, 0.15) is 5.75 Å². The molecule has 2 rings (SSSR count). The number of thiocarbonyl (C=S) groups is 1. The van der Waals surface area contributed by atoms with E-state index in [-0.39, 0.29) is 10.8 Å². The lowest BCUT2D eigenvalue weighted by Gasteiger charge is -2.12. The predicted octanol–water partition coefficient (Wildman–Crippen LogP) is 3.04. The Labute approximate surface area is 143 Å². The number of benzene rings is 2. The number of ether oxygens (including phenoxy) is 1. The van der Waals surface area contributed by atoms with Crippen molar-refractivity contribution in [3.63, 3.8) is 0 Å². The third-order valence-corrected chi connectivity index (χ3v) is 3.53. The molecule has 0 saturated carbocycles. The first kappa shape index (κ1) is 17.4. The molecule has 0 spiro atoms. The van der Waals surface area contributed by atoms with Crippen molar-refractivity contribution in [2.45, 2.75) is 6.92 Å². The van der Waals surface area contributed by atoms with E-state index >= 15 is 0 Å². The molecule has 0 aromatic heterocycles. The fourth-order valence-electron chi connectivity index (χ4n) is 2.03. The van der Waals surface area contributed by atoms with E-state index in [1.54, 1.807) is 43.3 Å². The molecule has 0 heterocycles. The summed E-state index contributed by atoms with van der Waals surface area (Å²) >= 11 is 5.09. The summed E-state index contributed by atoms with van der Waals surface area (Å²) in [6.45, 7) is 1.61. The lowest BCUT2D eigenvalue weighted by molar-refractivity contribution is -0.385. The van der Waals surface area contributed by atoms with Crippen LogP contribution in [0.4, 0.5) is 11.4 Å². The van der Waals surface area contributed by atoms with Crippen LogP contribution in [0.25, 0.3) is 0 Å². The van der Waals surface area contributed by atoms with E-state index < -0.39 is 10.8 Å². The van der Waals surface area contributed by atoms with Crippen LogP contribution in [-0.4, -0.2) is 23.1 Å². The van der Waals surface area contributed by atoms with Crippen LogP contribution in [0.3, 0.4) is 0 Å². The second-order valence-corrected chi connectivity index (χ2v) is 5.25. The van der Waals surface area contributed by atoms with Crippen molar-refractivity contribution in [2.75, 3.05) is 12.4 Å². The number of nitro groups is 1. The predicted molar refractivity (Wildman–Crippen MR) is 94.5 cm³/mol. The SMILES string of the molecule is COc1ccc(C(=O)NC(=S)Nc2cccc([N+](=O)[O-])c2C)cc1. The van der Waals surface area contributed by atoms with Gasteiger partial charge < -0.3 is 10.1 Å². The number of nitrogens with one attached hydrogen (secondary N) is 2. The Morgan fingerprint density at radius 1 is 1.21 bits per heavy atom. The molecule has 124 valence electrons. The molecule has 0 atom stereocenters. The Morgan fingerprint density at radius 2 is 1.88 bits per heavy atom. The molecule has 0 fully saturated rings. The largest absolute Gasteiger partial charge is 0.497 e. The molecule has 24 heavy (non-hydrogen) atoms. The first-order chi connectivity index (χ1) is 11.4. The van der Waals surface area contributed by atoms with Gasteiger partial charge in [0.25, 0.3) is 11.6 Å². The van der Waals surface area contributed by atoms with Crippen molar-refractivity contribution in [1.82, 2.24) is 5.32 Å². The van der Waals surface area contributed by atoms with E-state index in [4.69, 9.17) is 17.0 Å². The maximum absolute atomic E-state index is 12.1. The topological polar surface area (TPSA) is 93.5 Å². The average molecular weight is 345 g/mol. The molecule has 0 unspecified atom stereocenters. The van der Waals surface area contributed by atoms with E-state index in [0.717, 1.165) is 0 Å². The highest BCUT2D eigenvalue weighted by atomic mass is 32.1. The standard InChI is InChI=1S/C16H15N3O4S/c1-10-13(4-3-5-14(10)19(21)22)17-16(24)18-15(20)11-6-8-12(23-2)9-7-11/h3-9H,1-2H3,(H2,17,18,20,24). The van der Waals surface area contributed by atoms with E-state index in [1.807, 2.05) is 0 Å². The van der Waals surface area contributed by atoms with Crippen LogP contribution >= 0.6 is 12.2 Å². The maximum atomic E-state index is 12.1. The third kappa shape index (κ3) is 4.05. The van der Waals surface area contributed by atoms with E-state index in [9.17, 15) is 14.9 Å². The molecule has 2 aromatic rings. The summed E-state index contributed by atoms with van der Waals surface area (Å²) in [7, 11) is 1.54. The van der Waals surface area contributed by atoms with E-state index in [0.29, 0.717) is 22.6 Å². The Morgan fingerprint density at radius 3 is 2.46 bits per heavy atom. The van der Waals surface area contributed by atoms with Crippen LogP contribution in [0, 0.1) is 17.0 Å². The molecular weight excluding hydrogens is 330 g/mol. The van der Waals surface area contributed by atoms with Gasteiger partial charge in [-0.15, -0.1) is 0 Å². The van der Waals surface area contributed by atoms with E-state index in [1.165, 1.54) is 13.2 Å². The van der Waals surface area contributed by atoms with Gasteiger partial charge in [0.05, 0.1) is 23.3 Å². The van der Waals surface area contributed by atoms with Gasteiger partial charge in [-0.25, -0.2) is 0 Å². The summed E-state index contributed by atoms with van der Waals surface area (Å²) < 4.78 is 5.03. The number of hydrogen-bond donors (Lipinski definition) is 2. The summed E-state index contributed by atoms with van der Waals surface area (Å²) in [6, 6.07) is 11.1. The van der Waals surface area contributed by atoms with Gasteiger partial charge in [-0.1, -0.05) is 6.07 Å². The zero-order chi connectivity index (χ0) is 17.7. The minimum atomic E-state index is -0.473. The molecule has 0 bridgehead atoms. The fraction of sp³-hybridized carbons (Fsp3) is 0.125. The molecule has 8 heteroatoms. The second-order valence-electron chi connectivity index (χ2n) is 4.84. The highest BCUT2D eigenvalue weighted by Gasteiger charge is 2.15. The lowest BCUT2D eigenvalue weighted by Crippen LogP contribution is -2.34. The summed E-state index contributed by atoms with van der Waals surface area (Å²) in [5, 5.41) is 16.3. The third-order valence-electron chi connectivity index (χ3n) is 3.33. The molecule has 2 aromatic carbocycles. The van der Waals surface area contributed by atoms with Gasteiger partial charge >= 0.3 is 0 Å². The van der Waals surface area contributed by atoms with Crippen molar-refractivity contribution in [3.8, 4) is 5.75 Å². The first-order valence-electron chi connectivity index (χ1n) is 6.92. The number of anilines is 1. The molecule has 0 saturated heterocycles. The second kappa shape index (κ2) is 7.51. The number of carbonyl (C=O) groups is 1. The summed E-state index contributed by atoms with van der Waals surface area (Å²) in [4.78, 5) is 22.6. The molecule has 0 aliphatic rings. The van der Waals surface area contributed by atoms with Crippen molar-refractivity contribution >= 4 is 34.6 Å². The van der Waals surface area contributed by atoms with Crippen LogP contribution in [-0.2, 0) is 0 Å². The number of amides is 1. The van der Waals surface area contributed by atoms with Crippen LogP contribution in [0.5, 0.6) is 5.75 Å². The molecule has 1 amide bonds. The Kier molecular flexibility index (Phi) is 5.43. The zero-order valence-corrected chi connectivity index (χ0v) is 13.8. The molecule has 7 nitrogen and oxygen atoms in total. The summed E-state index contributed by atoms with van der Waals surface area (Å²) in [5.41, 5.74) is 1.28. The minimum absolute atomic E-state index is 0.0238. The normalized spacial score (nSPS) is 9.92. The monoisotopic (exact) mass is 345 g/mol. The number of methoxy groups -OCH3 is 1. The Balaban J connectivity index is 2.06. The molecule has 0 aliphatic heterocycles. The van der Waals surface area contributed by atoms with Gasteiger partial charge in [-0.2, -0.15) is 0 Å². The average Bonchev–Trinajstić information content (AvgIpc) is 2.56. The van der Waals surface area contributed by atoms with Gasteiger partial charge in [-0.3, -0.25) is 20.2 Å². The maximum Gasteiger partial charge on any atom is 0.274 e. The molecule has 0 radical (unpaired) electrons. The van der Waals surface area contributed by atoms with Crippen LogP contribution in [0.1, 0.15) is 15.9 Å². The summed E-state index contributed by atoms with van der Waals surface area (Å²) in [5.74, 6) is 0.248. The molecule has 2 N–H and O–H groups in total. The number of nitro benzene ring substituents is 1. The summed E-state index contributed by atoms with van der Waals surface area (Å²) in [6.07, 6.45) is 0. The minimum Gasteiger partial charge on any atom is -0.497 e. The number of hydrogen-bond acceptors (Lipinski definition) is 5. The van der Waals surface area contributed by atoms with Gasteiger partial charge in [0.15, 0.2) is 5.11 Å². The van der Waals surface area contributed by atoms with Crippen molar-refractivity contribution < 1.29 is 14.5 Å². The highest BCUT2D eigenvalue weighted by Crippen LogP contribution is 2.24. The Hall–Kier alpha value is -3.00. The highest BCUT2D eigenvalue weighted by molar-refractivity contribution is 7.80. The Bertz CT molecular complexity index is 790. The smallest absolute Gasteiger partial charge is 0.274 e. The first-order valence-corrected chi connectivity index (χ1v) is 7.33.